The fourth-order valence-corrected chi connectivity index (χ4v) is 3.26. The highest BCUT2D eigenvalue weighted by atomic mass is 32.2. The molecule has 132 valence electrons. The molecule has 0 bridgehead atoms. The van der Waals surface area contributed by atoms with Crippen molar-refractivity contribution in [3.05, 3.63) is 54.4 Å². The van der Waals surface area contributed by atoms with Crippen molar-refractivity contribution in [2.24, 2.45) is 0 Å². The van der Waals surface area contributed by atoms with E-state index in [1.54, 1.807) is 24.5 Å². The fraction of sp³-hybridized carbons (Fsp3) is 0.133. The maximum Gasteiger partial charge on any atom is 0.573 e. The zero-order valence-electron chi connectivity index (χ0n) is 12.5. The fourth-order valence-electron chi connectivity index (χ4n) is 2.25. The van der Waals surface area contributed by atoms with Gasteiger partial charge in [0, 0.05) is 24.3 Å². The average molecular weight is 371 g/mol. The minimum absolute atomic E-state index is 0.0139. The highest BCUT2D eigenvalue weighted by molar-refractivity contribution is 7.89. The Hall–Kier alpha value is -2.59. The summed E-state index contributed by atoms with van der Waals surface area (Å²) in [4.78, 5) is 6.86. The summed E-state index contributed by atoms with van der Waals surface area (Å²) in [6.07, 6.45) is -1.59. The van der Waals surface area contributed by atoms with Gasteiger partial charge in [0.25, 0.3) is 0 Å². The molecular weight excluding hydrogens is 359 g/mol. The number of pyridine rings is 1. The van der Waals surface area contributed by atoms with E-state index in [4.69, 9.17) is 0 Å². The Bertz CT molecular complexity index is 982. The summed E-state index contributed by atoms with van der Waals surface area (Å²) in [5, 5.41) is 0.777. The van der Waals surface area contributed by atoms with Crippen LogP contribution in [-0.4, -0.2) is 24.7 Å². The van der Waals surface area contributed by atoms with E-state index < -0.39 is 22.1 Å². The Morgan fingerprint density at radius 3 is 2.52 bits per heavy atom. The van der Waals surface area contributed by atoms with Gasteiger partial charge in [0.1, 0.15) is 11.4 Å². The van der Waals surface area contributed by atoms with Crippen LogP contribution in [0.25, 0.3) is 11.0 Å². The maximum atomic E-state index is 12.3. The Labute approximate surface area is 140 Å². The van der Waals surface area contributed by atoms with Gasteiger partial charge in [-0.3, -0.25) is 0 Å². The molecule has 0 atom stereocenters. The van der Waals surface area contributed by atoms with Crippen LogP contribution in [0.5, 0.6) is 5.75 Å². The lowest BCUT2D eigenvalue weighted by Crippen LogP contribution is -2.23. The van der Waals surface area contributed by atoms with E-state index in [9.17, 15) is 21.6 Å². The third kappa shape index (κ3) is 4.09. The topological polar surface area (TPSA) is 84.1 Å². The van der Waals surface area contributed by atoms with E-state index in [-0.39, 0.29) is 11.4 Å². The molecule has 0 aliphatic rings. The minimum atomic E-state index is -4.83. The van der Waals surface area contributed by atoms with Gasteiger partial charge in [-0.1, -0.05) is 0 Å². The van der Waals surface area contributed by atoms with Crippen LogP contribution in [0.15, 0.2) is 53.7 Å². The second-order valence-electron chi connectivity index (χ2n) is 5.05. The normalized spacial score (nSPS) is 12.4. The summed E-state index contributed by atoms with van der Waals surface area (Å²) < 4.78 is 67.1. The Morgan fingerprint density at radius 2 is 1.84 bits per heavy atom. The third-order valence-corrected chi connectivity index (χ3v) is 4.79. The van der Waals surface area contributed by atoms with Gasteiger partial charge in [-0.05, 0) is 42.0 Å². The number of nitrogens with one attached hydrogen (secondary N) is 2. The molecule has 0 aliphatic carbocycles. The quantitative estimate of drug-likeness (QED) is 0.722. The van der Waals surface area contributed by atoms with Crippen molar-refractivity contribution < 1.29 is 26.3 Å². The number of nitrogens with zero attached hydrogens (tertiary/aromatic N) is 1. The zero-order valence-corrected chi connectivity index (χ0v) is 13.4. The number of rotatable bonds is 5. The van der Waals surface area contributed by atoms with E-state index in [1.165, 1.54) is 0 Å². The van der Waals surface area contributed by atoms with E-state index in [2.05, 4.69) is 19.4 Å². The van der Waals surface area contributed by atoms with Gasteiger partial charge in [0.2, 0.25) is 10.0 Å². The highest BCUT2D eigenvalue weighted by Crippen LogP contribution is 2.24. The number of alkyl halides is 3. The number of aromatic nitrogens is 2. The predicted molar refractivity (Wildman–Crippen MR) is 83.2 cm³/mol. The summed E-state index contributed by atoms with van der Waals surface area (Å²) in [7, 11) is -3.89. The molecule has 6 nitrogen and oxygen atoms in total. The smallest absolute Gasteiger partial charge is 0.406 e. The Kier molecular flexibility index (Phi) is 4.39. The van der Waals surface area contributed by atoms with Crippen molar-refractivity contribution in [2.45, 2.75) is 17.8 Å². The molecule has 3 aromatic rings. The van der Waals surface area contributed by atoms with Crippen LogP contribution in [0.1, 0.15) is 5.56 Å². The number of aromatic amines is 1. The average Bonchev–Trinajstić information content (AvgIpc) is 3.01. The summed E-state index contributed by atoms with van der Waals surface area (Å²) in [6, 6.07) is 7.43. The van der Waals surface area contributed by atoms with Gasteiger partial charge < -0.3 is 9.72 Å². The molecule has 1 aromatic carbocycles. The Morgan fingerprint density at radius 1 is 1.12 bits per heavy atom. The lowest BCUT2D eigenvalue weighted by Gasteiger charge is -2.10. The van der Waals surface area contributed by atoms with Gasteiger partial charge in [-0.15, -0.1) is 13.2 Å². The highest BCUT2D eigenvalue weighted by Gasteiger charge is 2.31. The van der Waals surface area contributed by atoms with Crippen LogP contribution >= 0.6 is 0 Å². The van der Waals surface area contributed by atoms with Crippen LogP contribution < -0.4 is 9.46 Å². The summed E-state index contributed by atoms with van der Waals surface area (Å²) in [5.74, 6) is -0.491. The second-order valence-corrected chi connectivity index (χ2v) is 6.82. The van der Waals surface area contributed by atoms with Crippen molar-refractivity contribution in [3.63, 3.8) is 0 Å². The molecular formula is C15H12F3N3O3S. The first-order chi connectivity index (χ1) is 11.7. The molecule has 2 heterocycles. The molecule has 10 heteroatoms. The van der Waals surface area contributed by atoms with Crippen molar-refractivity contribution >= 4 is 21.1 Å². The van der Waals surface area contributed by atoms with Crippen molar-refractivity contribution in [2.75, 3.05) is 0 Å². The molecule has 0 unspecified atom stereocenters. The summed E-state index contributed by atoms with van der Waals surface area (Å²) in [5.41, 5.74) is 1.34. The number of hydrogen-bond donors (Lipinski definition) is 2. The van der Waals surface area contributed by atoms with Gasteiger partial charge in [-0.2, -0.15) is 0 Å². The van der Waals surface area contributed by atoms with Crippen LogP contribution in [0.2, 0.25) is 0 Å². The monoisotopic (exact) mass is 371 g/mol. The molecule has 0 saturated carbocycles. The number of H-pyrrole nitrogens is 1. The molecule has 0 aliphatic heterocycles. The van der Waals surface area contributed by atoms with E-state index >= 15 is 0 Å². The SMILES string of the molecule is O=S(=O)(NCc1ccnc2[nH]ccc12)c1ccc(OC(F)(F)F)cc1. The van der Waals surface area contributed by atoms with Crippen LogP contribution in [0, 0.1) is 0 Å². The number of halogens is 3. The van der Waals surface area contributed by atoms with E-state index in [0.29, 0.717) is 11.2 Å². The van der Waals surface area contributed by atoms with Crippen LogP contribution in [-0.2, 0) is 16.6 Å². The second kappa shape index (κ2) is 6.37. The largest absolute Gasteiger partial charge is 0.573 e. The summed E-state index contributed by atoms with van der Waals surface area (Å²) >= 11 is 0. The van der Waals surface area contributed by atoms with Gasteiger partial charge >= 0.3 is 6.36 Å². The molecule has 3 rings (SSSR count). The number of sulfonamides is 1. The number of ether oxygens (including phenoxy) is 1. The first-order valence-corrected chi connectivity index (χ1v) is 8.49. The molecule has 0 saturated heterocycles. The standard InChI is InChI=1S/C15H12F3N3O3S/c16-15(17,18)24-11-1-3-12(4-2-11)25(22,23)21-9-10-5-7-19-14-13(10)6-8-20-14/h1-8,21H,9H2,(H,19,20). The van der Waals surface area contributed by atoms with E-state index in [1.807, 2.05) is 0 Å². The zero-order chi connectivity index (χ0) is 18.1. The molecule has 0 fully saturated rings. The Balaban J connectivity index is 1.74. The first-order valence-electron chi connectivity index (χ1n) is 7.01. The van der Waals surface area contributed by atoms with Crippen molar-refractivity contribution in [3.8, 4) is 5.75 Å². The lowest BCUT2D eigenvalue weighted by atomic mass is 10.2. The number of hydrogen-bond acceptors (Lipinski definition) is 4. The van der Waals surface area contributed by atoms with Crippen LogP contribution in [0.4, 0.5) is 13.2 Å². The molecule has 2 aromatic heterocycles. The predicted octanol–water partition coefficient (Wildman–Crippen LogP) is 2.94. The minimum Gasteiger partial charge on any atom is -0.406 e. The molecule has 2 N–H and O–H groups in total. The molecule has 0 radical (unpaired) electrons. The molecule has 25 heavy (non-hydrogen) atoms. The van der Waals surface area contributed by atoms with Crippen molar-refractivity contribution in [1.82, 2.24) is 14.7 Å². The lowest BCUT2D eigenvalue weighted by molar-refractivity contribution is -0.274. The maximum absolute atomic E-state index is 12.3. The number of fused-ring (bicyclic) bond motifs is 1. The van der Waals surface area contributed by atoms with Gasteiger partial charge in [0.05, 0.1) is 4.90 Å². The molecule has 0 amide bonds. The summed E-state index contributed by atoms with van der Waals surface area (Å²) in [6.45, 7) is 0.0139. The molecule has 0 spiro atoms. The van der Waals surface area contributed by atoms with Crippen LogP contribution in [0.3, 0.4) is 0 Å². The first kappa shape index (κ1) is 17.2. The van der Waals surface area contributed by atoms with Gasteiger partial charge in [0.15, 0.2) is 0 Å². The third-order valence-electron chi connectivity index (χ3n) is 3.37. The van der Waals surface area contributed by atoms with Gasteiger partial charge in [-0.25, -0.2) is 18.1 Å². The number of benzene rings is 1. The van der Waals surface area contributed by atoms with Crippen molar-refractivity contribution in [1.29, 1.82) is 0 Å². The van der Waals surface area contributed by atoms with E-state index in [0.717, 1.165) is 29.7 Å².